The van der Waals surface area contributed by atoms with E-state index in [1.165, 1.54) is 262 Å². The van der Waals surface area contributed by atoms with E-state index in [0.29, 0.717) is 89.4 Å². The van der Waals surface area contributed by atoms with Crippen molar-refractivity contribution in [2.75, 3.05) is 19.8 Å². The van der Waals surface area contributed by atoms with Gasteiger partial charge in [-0.05, 0) is 176 Å². The molecule has 108 heavy (non-hydrogen) atoms. The van der Waals surface area contributed by atoms with E-state index in [9.17, 15) is 22.0 Å². The molecular formula is C99H144F6O3. The minimum Gasteiger partial charge on any atom is -0.494 e. The Labute approximate surface area is 653 Å². The Hall–Kier alpha value is -5.70. The zero-order valence-electron chi connectivity index (χ0n) is 68.4. The normalized spacial score (nSPS) is 17.9. The van der Waals surface area contributed by atoms with Crippen LogP contribution < -0.4 is 14.2 Å². The maximum absolute atomic E-state index is 15.0. The van der Waals surface area contributed by atoms with Crippen molar-refractivity contribution in [1.82, 2.24) is 0 Å². The van der Waals surface area contributed by atoms with Gasteiger partial charge in [0.15, 0.2) is 34.8 Å². The molecule has 0 heterocycles. The molecule has 9 heteroatoms. The smallest absolute Gasteiger partial charge is 0.201 e. The van der Waals surface area contributed by atoms with Crippen molar-refractivity contribution >= 4 is 0 Å². The molecule has 0 aromatic heterocycles. The highest BCUT2D eigenvalue weighted by molar-refractivity contribution is 5.67. The molecule has 0 spiro atoms. The fourth-order valence-electron chi connectivity index (χ4n) is 17.0. The molecule has 0 unspecified atom stereocenters. The van der Waals surface area contributed by atoms with E-state index in [-0.39, 0.29) is 5.75 Å². The lowest BCUT2D eigenvalue weighted by Gasteiger charge is -2.29. The lowest BCUT2D eigenvalue weighted by Crippen LogP contribution is -2.15. The van der Waals surface area contributed by atoms with Gasteiger partial charge in [-0.2, -0.15) is 4.39 Å². The van der Waals surface area contributed by atoms with Gasteiger partial charge in [-0.1, -0.05) is 352 Å². The minimum atomic E-state index is -0.881. The van der Waals surface area contributed by atoms with Crippen LogP contribution in [0.1, 0.15) is 360 Å². The molecule has 0 bridgehead atoms. The molecular weight excluding hydrogens is 1350 g/mol. The van der Waals surface area contributed by atoms with Crippen LogP contribution in [0.3, 0.4) is 0 Å². The number of halogens is 6. The van der Waals surface area contributed by atoms with Gasteiger partial charge in [0.2, 0.25) is 5.82 Å². The third kappa shape index (κ3) is 32.2. The van der Waals surface area contributed by atoms with Gasteiger partial charge >= 0.3 is 0 Å². The summed E-state index contributed by atoms with van der Waals surface area (Å²) in [6.45, 7) is 15.3. The first kappa shape index (κ1) is 89.5. The summed E-state index contributed by atoms with van der Waals surface area (Å²) in [5.41, 5.74) is 5.41. The predicted octanol–water partition coefficient (Wildman–Crippen LogP) is 32.4. The molecule has 6 aromatic rings. The number of ether oxygens (including phenoxy) is 3. The Morgan fingerprint density at radius 3 is 0.880 bits per heavy atom. The van der Waals surface area contributed by atoms with Crippen LogP contribution in [-0.4, -0.2) is 19.8 Å². The second-order valence-corrected chi connectivity index (χ2v) is 32.8. The molecule has 0 aliphatic heterocycles. The number of rotatable bonds is 48. The van der Waals surface area contributed by atoms with E-state index >= 15 is 4.39 Å². The third-order valence-electron chi connectivity index (χ3n) is 24.3. The Morgan fingerprint density at radius 2 is 0.528 bits per heavy atom. The average Bonchev–Trinajstić information content (AvgIpc) is 0.818. The molecule has 0 saturated heterocycles. The van der Waals surface area contributed by atoms with Crippen LogP contribution in [0.5, 0.6) is 17.2 Å². The summed E-state index contributed by atoms with van der Waals surface area (Å²) < 4.78 is 107. The van der Waals surface area contributed by atoms with Crippen LogP contribution >= 0.6 is 0 Å². The second-order valence-electron chi connectivity index (χ2n) is 32.8. The topological polar surface area (TPSA) is 27.7 Å². The Morgan fingerprint density at radius 1 is 0.250 bits per heavy atom. The summed E-state index contributed by atoms with van der Waals surface area (Å²) in [7, 11) is 0. The zero-order chi connectivity index (χ0) is 76.8. The predicted molar refractivity (Wildman–Crippen MR) is 446 cm³/mol. The monoisotopic (exact) mass is 1500 g/mol. The molecule has 9 rings (SSSR count). The van der Waals surface area contributed by atoms with Crippen molar-refractivity contribution in [1.29, 1.82) is 0 Å². The number of benzene rings is 6. The molecule has 3 aliphatic rings. The van der Waals surface area contributed by atoms with E-state index in [2.05, 4.69) is 53.7 Å². The fourth-order valence-corrected chi connectivity index (χ4v) is 17.0. The van der Waals surface area contributed by atoms with Gasteiger partial charge in [-0.15, -0.1) is 0 Å². The van der Waals surface area contributed by atoms with Crippen LogP contribution in [0.25, 0.3) is 33.4 Å². The number of hydrogen-bond donors (Lipinski definition) is 0. The lowest BCUT2D eigenvalue weighted by molar-refractivity contribution is 0.248. The van der Waals surface area contributed by atoms with Gasteiger partial charge in [0, 0.05) is 16.7 Å². The van der Waals surface area contributed by atoms with E-state index in [4.69, 9.17) is 14.2 Å². The molecule has 0 radical (unpaired) electrons. The molecule has 3 aliphatic carbocycles. The number of hydrogen-bond acceptors (Lipinski definition) is 3. The quantitative estimate of drug-likeness (QED) is 0.0281. The molecule has 3 saturated carbocycles. The molecule has 600 valence electrons. The summed E-state index contributed by atoms with van der Waals surface area (Å²) in [6.07, 6.45) is 58.9. The van der Waals surface area contributed by atoms with E-state index in [1.807, 2.05) is 60.7 Å². The van der Waals surface area contributed by atoms with Gasteiger partial charge in [0.1, 0.15) is 11.5 Å². The van der Waals surface area contributed by atoms with E-state index < -0.39 is 34.9 Å². The van der Waals surface area contributed by atoms with Gasteiger partial charge in [0.05, 0.1) is 19.8 Å². The molecule has 3 fully saturated rings. The van der Waals surface area contributed by atoms with Gasteiger partial charge in [0.25, 0.3) is 0 Å². The molecule has 3 nitrogen and oxygen atoms in total. The number of unbranched alkanes of at least 4 members (excludes halogenated alkanes) is 23. The SMILES string of the molecule is CCCCCCCCCCOc1ccc(-c2ccc(CCC3CCC(CCCCC)CC3)c(F)c2F)cc1.CCCCCCCCOc1ccc(-c2ccc(C3CCC(CCCCC)CC3)cc2)c(F)c1F.CCCCCCCCOc1ccc(-c2ccc(CCC3CCC(CCCCC)CC3)c(F)c2F)cc1. The van der Waals surface area contributed by atoms with Gasteiger partial charge < -0.3 is 14.2 Å². The second kappa shape index (κ2) is 53.3. The minimum absolute atomic E-state index is 0.0159. The first-order chi connectivity index (χ1) is 52.9. The highest BCUT2D eigenvalue weighted by Crippen LogP contribution is 2.41. The average molecular weight is 1500 g/mol. The molecule has 0 N–H and O–H groups in total. The zero-order valence-corrected chi connectivity index (χ0v) is 68.4. The number of aryl methyl sites for hydroxylation is 2. The van der Waals surface area contributed by atoms with Crippen LogP contribution in [0.4, 0.5) is 26.3 Å². The fraction of sp³-hybridized carbons (Fsp3) is 0.636. The molecule has 6 aromatic carbocycles. The van der Waals surface area contributed by atoms with Crippen molar-refractivity contribution in [3.05, 3.63) is 161 Å². The van der Waals surface area contributed by atoms with Crippen LogP contribution in [0.2, 0.25) is 0 Å². The summed E-state index contributed by atoms with van der Waals surface area (Å²) in [4.78, 5) is 0. The highest BCUT2D eigenvalue weighted by atomic mass is 19.2. The van der Waals surface area contributed by atoms with Gasteiger partial charge in [-0.25, -0.2) is 22.0 Å². The van der Waals surface area contributed by atoms with Crippen molar-refractivity contribution in [3.8, 4) is 50.6 Å². The maximum Gasteiger partial charge on any atom is 0.201 e. The van der Waals surface area contributed by atoms with Crippen molar-refractivity contribution in [2.24, 2.45) is 29.6 Å². The Bertz CT molecular complexity index is 3300. The highest BCUT2D eigenvalue weighted by Gasteiger charge is 2.26. The summed E-state index contributed by atoms with van der Waals surface area (Å²) in [5.74, 6) is 1.63. The molecule has 0 amide bonds. The lowest BCUT2D eigenvalue weighted by atomic mass is 9.77. The van der Waals surface area contributed by atoms with E-state index in [0.717, 1.165) is 73.3 Å². The first-order valence-corrected chi connectivity index (χ1v) is 44.5. The maximum atomic E-state index is 15.0. The third-order valence-corrected chi connectivity index (χ3v) is 24.3. The molecule has 0 atom stereocenters. The Kier molecular flexibility index (Phi) is 44.2. The summed E-state index contributed by atoms with van der Waals surface area (Å²) in [5, 5.41) is 0. The van der Waals surface area contributed by atoms with Crippen LogP contribution in [0.15, 0.2) is 109 Å². The first-order valence-electron chi connectivity index (χ1n) is 44.5. The standard InChI is InChI=1S/C35H52F2O.C33H48F2O.C31H44F2O/c1-3-5-7-8-9-10-11-13-27-38-32-24-21-30(22-25-32)33-26-23-31(34(36)35(33)37)20-19-29-17-15-28(16-18-29)14-12-6-4-2;1-3-5-7-8-9-11-25-36-30-22-19-28(20-23-30)31-24-21-29(32(34)33(31)35)18-17-27-15-13-26(14-16-27)12-10-6-4-2;1-3-5-7-8-9-11-23-34-29-22-21-28(30(32)31(29)33)27-19-17-26(18-20-27)25-15-13-24(14-16-25)12-10-6-4-2/h21-26,28-29H,3-20,27H2,1-2H3;19-24,26-27H,3-18,25H2,1-2H3;17-22,24-25H,3-16,23H2,1-2H3. The van der Waals surface area contributed by atoms with Crippen molar-refractivity contribution < 1.29 is 40.6 Å². The Balaban J connectivity index is 0.000000226. The largest absolute Gasteiger partial charge is 0.494 e. The summed E-state index contributed by atoms with van der Waals surface area (Å²) in [6, 6.07) is 33.1. The summed E-state index contributed by atoms with van der Waals surface area (Å²) >= 11 is 0. The van der Waals surface area contributed by atoms with Crippen LogP contribution in [0, 0.1) is 64.5 Å². The van der Waals surface area contributed by atoms with Gasteiger partial charge in [-0.3, -0.25) is 0 Å². The van der Waals surface area contributed by atoms with Crippen LogP contribution in [-0.2, 0) is 12.8 Å². The van der Waals surface area contributed by atoms with Crippen molar-refractivity contribution in [3.63, 3.8) is 0 Å². The van der Waals surface area contributed by atoms with Crippen molar-refractivity contribution in [2.45, 2.75) is 356 Å². The van der Waals surface area contributed by atoms with E-state index in [1.54, 1.807) is 36.4 Å².